The maximum absolute atomic E-state index is 12.4. The van der Waals surface area contributed by atoms with Crippen LogP contribution in [-0.2, 0) is 14.6 Å². The number of hydrogen-bond donors (Lipinski definition) is 1. The van der Waals surface area contributed by atoms with Crippen LogP contribution in [0.3, 0.4) is 0 Å². The first kappa shape index (κ1) is 16.2. The number of hydrogen-bond acceptors (Lipinski definition) is 5. The summed E-state index contributed by atoms with van der Waals surface area (Å²) in [6, 6.07) is 3.69. The zero-order chi connectivity index (χ0) is 15.6. The number of benzene rings is 1. The number of morpholine rings is 1. The molecule has 1 fully saturated rings. The Hall–Kier alpha value is -1.15. The summed E-state index contributed by atoms with van der Waals surface area (Å²) in [4.78, 5) is 13.0. The normalized spacial score (nSPS) is 20.4. The van der Waals surface area contributed by atoms with Gasteiger partial charge < -0.3 is 14.7 Å². The molecule has 0 bridgehead atoms. The van der Waals surface area contributed by atoms with Gasteiger partial charge in [0.1, 0.15) is 0 Å². The Morgan fingerprint density at radius 2 is 2.24 bits per heavy atom. The quantitative estimate of drug-likeness (QED) is 0.889. The molecule has 6 nitrogen and oxygen atoms in total. The van der Waals surface area contributed by atoms with Crippen molar-refractivity contribution in [3.63, 3.8) is 0 Å². The second-order valence-corrected chi connectivity index (χ2v) is 7.42. The van der Waals surface area contributed by atoms with Gasteiger partial charge in [0.05, 0.1) is 33.9 Å². The first-order valence-electron chi connectivity index (χ1n) is 6.35. The highest BCUT2D eigenvalue weighted by atomic mass is 35.5. The van der Waals surface area contributed by atoms with Crippen LogP contribution in [0, 0.1) is 0 Å². The van der Waals surface area contributed by atoms with Crippen LogP contribution in [0.1, 0.15) is 10.4 Å². The Morgan fingerprint density at radius 1 is 1.52 bits per heavy atom. The molecule has 1 aliphatic heterocycles. The molecule has 1 saturated heterocycles. The molecular formula is C13H16ClNO5S. The number of aromatic carboxylic acids is 1. The lowest BCUT2D eigenvalue weighted by atomic mass is 10.2. The molecule has 0 saturated carbocycles. The molecule has 1 aromatic rings. The van der Waals surface area contributed by atoms with E-state index in [4.69, 9.17) is 21.4 Å². The summed E-state index contributed by atoms with van der Waals surface area (Å²) in [6.07, 6.45) is -0.419. The SMILES string of the molecule is CN1CCOC(CS(=O)(=O)c2ccc(Cl)c(C(=O)O)c2)C1. The third kappa shape index (κ3) is 3.94. The Morgan fingerprint density at radius 3 is 2.86 bits per heavy atom. The van der Waals surface area contributed by atoms with E-state index in [0.717, 1.165) is 12.6 Å². The molecule has 116 valence electrons. The molecule has 0 radical (unpaired) electrons. The number of sulfone groups is 1. The summed E-state index contributed by atoms with van der Waals surface area (Å²) in [6.45, 7) is 1.77. The lowest BCUT2D eigenvalue weighted by molar-refractivity contribution is -0.00680. The van der Waals surface area contributed by atoms with E-state index in [1.807, 2.05) is 11.9 Å². The number of carboxylic acids is 1. The lowest BCUT2D eigenvalue weighted by Crippen LogP contribution is -2.43. The van der Waals surface area contributed by atoms with Gasteiger partial charge in [0.2, 0.25) is 0 Å². The Bertz CT molecular complexity index is 646. The maximum Gasteiger partial charge on any atom is 0.337 e. The average molecular weight is 334 g/mol. The zero-order valence-electron chi connectivity index (χ0n) is 11.5. The van der Waals surface area contributed by atoms with Crippen LogP contribution in [0.15, 0.2) is 23.1 Å². The van der Waals surface area contributed by atoms with Crippen LogP contribution in [0.2, 0.25) is 5.02 Å². The molecule has 0 aromatic heterocycles. The summed E-state index contributed by atoms with van der Waals surface area (Å²) in [5.74, 6) is -1.44. The van der Waals surface area contributed by atoms with E-state index in [0.29, 0.717) is 13.2 Å². The van der Waals surface area contributed by atoms with E-state index in [1.165, 1.54) is 12.1 Å². The predicted octanol–water partition coefficient (Wildman–Crippen LogP) is 1.14. The third-order valence-corrected chi connectivity index (χ3v) is 5.39. The van der Waals surface area contributed by atoms with Gasteiger partial charge in [0, 0.05) is 13.1 Å². The fourth-order valence-corrected chi connectivity index (χ4v) is 3.83. The summed E-state index contributed by atoms with van der Waals surface area (Å²) < 4.78 is 30.2. The molecule has 1 heterocycles. The second kappa shape index (κ2) is 6.31. The van der Waals surface area contributed by atoms with Gasteiger partial charge in [-0.25, -0.2) is 13.2 Å². The van der Waals surface area contributed by atoms with Crippen molar-refractivity contribution in [2.24, 2.45) is 0 Å². The number of ether oxygens (including phenoxy) is 1. The highest BCUT2D eigenvalue weighted by Gasteiger charge is 2.26. The number of likely N-dealkylation sites (N-methyl/N-ethyl adjacent to an activating group) is 1. The smallest absolute Gasteiger partial charge is 0.337 e. The minimum Gasteiger partial charge on any atom is -0.478 e. The number of halogens is 1. The van der Waals surface area contributed by atoms with Gasteiger partial charge in [-0.2, -0.15) is 0 Å². The highest BCUT2D eigenvalue weighted by molar-refractivity contribution is 7.91. The number of nitrogens with zero attached hydrogens (tertiary/aromatic N) is 1. The molecule has 21 heavy (non-hydrogen) atoms. The molecule has 1 atom stereocenters. The van der Waals surface area contributed by atoms with Crippen LogP contribution in [0.5, 0.6) is 0 Å². The van der Waals surface area contributed by atoms with Crippen molar-refractivity contribution in [1.82, 2.24) is 4.90 Å². The van der Waals surface area contributed by atoms with Gasteiger partial charge in [-0.1, -0.05) is 11.6 Å². The zero-order valence-corrected chi connectivity index (χ0v) is 13.0. The van der Waals surface area contributed by atoms with Crippen LogP contribution < -0.4 is 0 Å². The molecule has 8 heteroatoms. The summed E-state index contributed by atoms with van der Waals surface area (Å²) in [5.41, 5.74) is -0.223. The van der Waals surface area contributed by atoms with Gasteiger partial charge in [0.15, 0.2) is 9.84 Å². The van der Waals surface area contributed by atoms with Crippen LogP contribution in [0.4, 0.5) is 0 Å². The fraction of sp³-hybridized carbons (Fsp3) is 0.462. The molecule has 1 aliphatic rings. The minimum atomic E-state index is -3.63. The van der Waals surface area contributed by atoms with Crippen LogP contribution in [0.25, 0.3) is 0 Å². The van der Waals surface area contributed by atoms with Gasteiger partial charge in [-0.3, -0.25) is 0 Å². The fourth-order valence-electron chi connectivity index (χ4n) is 2.17. The molecule has 2 rings (SSSR count). The number of carbonyl (C=O) groups is 1. The predicted molar refractivity (Wildman–Crippen MR) is 77.7 cm³/mol. The Labute approximate surface area is 128 Å². The van der Waals surface area contributed by atoms with Crippen LogP contribution in [-0.4, -0.2) is 63.0 Å². The highest BCUT2D eigenvalue weighted by Crippen LogP contribution is 2.22. The van der Waals surface area contributed by atoms with Crippen LogP contribution >= 0.6 is 11.6 Å². The van der Waals surface area contributed by atoms with Crippen molar-refractivity contribution in [3.8, 4) is 0 Å². The van der Waals surface area contributed by atoms with Crippen molar-refractivity contribution >= 4 is 27.4 Å². The number of rotatable bonds is 4. The van der Waals surface area contributed by atoms with Crippen molar-refractivity contribution in [3.05, 3.63) is 28.8 Å². The second-order valence-electron chi connectivity index (χ2n) is 4.98. The first-order chi connectivity index (χ1) is 9.79. The van der Waals surface area contributed by atoms with E-state index in [1.54, 1.807) is 0 Å². The van der Waals surface area contributed by atoms with Gasteiger partial charge in [-0.05, 0) is 25.2 Å². The summed E-state index contributed by atoms with van der Waals surface area (Å²) >= 11 is 5.75. The van der Waals surface area contributed by atoms with E-state index in [2.05, 4.69) is 0 Å². The Kier molecular flexibility index (Phi) is 4.88. The first-order valence-corrected chi connectivity index (χ1v) is 8.38. The third-order valence-electron chi connectivity index (χ3n) is 3.27. The van der Waals surface area contributed by atoms with Gasteiger partial charge in [-0.15, -0.1) is 0 Å². The van der Waals surface area contributed by atoms with Gasteiger partial charge >= 0.3 is 5.97 Å². The lowest BCUT2D eigenvalue weighted by Gasteiger charge is -2.29. The minimum absolute atomic E-state index is 0.00935. The van der Waals surface area contributed by atoms with E-state index in [-0.39, 0.29) is 21.2 Å². The van der Waals surface area contributed by atoms with Crippen molar-refractivity contribution in [2.75, 3.05) is 32.5 Å². The maximum atomic E-state index is 12.4. The van der Waals surface area contributed by atoms with Crippen molar-refractivity contribution < 1.29 is 23.1 Å². The van der Waals surface area contributed by atoms with E-state index >= 15 is 0 Å². The van der Waals surface area contributed by atoms with E-state index in [9.17, 15) is 13.2 Å². The van der Waals surface area contributed by atoms with E-state index < -0.39 is 21.9 Å². The average Bonchev–Trinajstić information content (AvgIpc) is 2.38. The molecule has 1 unspecified atom stereocenters. The van der Waals surface area contributed by atoms with Crippen molar-refractivity contribution in [2.45, 2.75) is 11.0 Å². The molecule has 0 aliphatic carbocycles. The standard InChI is InChI=1S/C13H16ClNO5S/c1-15-4-5-20-9(7-15)8-21(18,19)10-2-3-12(14)11(6-10)13(16)17/h2-3,6,9H,4-5,7-8H2,1H3,(H,16,17). The topological polar surface area (TPSA) is 83.9 Å². The van der Waals surface area contributed by atoms with Gasteiger partial charge in [0.25, 0.3) is 0 Å². The Balaban J connectivity index is 2.23. The summed E-state index contributed by atoms with van der Waals surface area (Å²) in [7, 11) is -1.73. The molecule has 0 amide bonds. The molecule has 1 N–H and O–H groups in total. The molecular weight excluding hydrogens is 318 g/mol. The largest absolute Gasteiger partial charge is 0.478 e. The molecule has 1 aromatic carbocycles. The summed E-state index contributed by atoms with van der Waals surface area (Å²) in [5, 5.41) is 9.01. The monoisotopic (exact) mass is 333 g/mol. The molecule has 0 spiro atoms. The van der Waals surface area contributed by atoms with Crippen molar-refractivity contribution in [1.29, 1.82) is 0 Å². The number of carboxylic acid groups (broad SMARTS) is 1.